The molecule has 0 fully saturated rings. The molecule has 212 valence electrons. The molecule has 0 radical (unpaired) electrons. The Labute approximate surface area is 222 Å². The van der Waals surface area contributed by atoms with Crippen LogP contribution in [0.25, 0.3) is 0 Å². The average molecular weight is 544 g/mol. The standard InChI is InChI=1S/C27H46NO8P/c1-7-8-9-10-14-19-24(35-26(30)34-21-22-16-12-11-13-17-22)23(28-25(29)36-27(2,3)4)18-15-20-37(31,32-5)33-6/h11-13,16-17,23-24H,7-10,14-15,18-21H2,1-6H3,(H,28,29)/t23-,24+/m0/s1. The second-order valence-corrected chi connectivity index (χ2v) is 12.4. The van der Waals surface area contributed by atoms with E-state index in [1.807, 2.05) is 30.3 Å². The van der Waals surface area contributed by atoms with Gasteiger partial charge in [0.15, 0.2) is 0 Å². The first kappa shape index (κ1) is 32.9. The van der Waals surface area contributed by atoms with Crippen LogP contribution in [-0.2, 0) is 34.4 Å². The largest absolute Gasteiger partial charge is 0.508 e. The molecular formula is C27H46NO8P. The number of carbonyl (C=O) groups excluding carboxylic acids is 2. The fraction of sp³-hybridized carbons (Fsp3) is 0.704. The van der Waals surface area contributed by atoms with Gasteiger partial charge in [0.05, 0.1) is 12.2 Å². The number of hydrogen-bond donors (Lipinski definition) is 1. The van der Waals surface area contributed by atoms with Crippen LogP contribution in [0, 0.1) is 0 Å². The van der Waals surface area contributed by atoms with E-state index in [9.17, 15) is 14.2 Å². The molecule has 2 atom stereocenters. The van der Waals surface area contributed by atoms with Crippen LogP contribution >= 0.6 is 7.60 Å². The van der Waals surface area contributed by atoms with Crippen molar-refractivity contribution in [2.24, 2.45) is 0 Å². The zero-order chi connectivity index (χ0) is 27.7. The Balaban J connectivity index is 2.97. The van der Waals surface area contributed by atoms with E-state index in [-0.39, 0.29) is 12.8 Å². The van der Waals surface area contributed by atoms with Crippen molar-refractivity contribution in [3.8, 4) is 0 Å². The Kier molecular flexibility index (Phi) is 15.5. The van der Waals surface area contributed by atoms with E-state index in [4.69, 9.17) is 23.3 Å². The molecule has 0 saturated heterocycles. The summed E-state index contributed by atoms with van der Waals surface area (Å²) in [5, 5.41) is 2.86. The number of ether oxygens (including phenoxy) is 3. The highest BCUT2D eigenvalue weighted by Gasteiger charge is 2.30. The van der Waals surface area contributed by atoms with E-state index in [0.29, 0.717) is 19.3 Å². The van der Waals surface area contributed by atoms with Gasteiger partial charge in [0.25, 0.3) is 0 Å². The highest BCUT2D eigenvalue weighted by Crippen LogP contribution is 2.47. The monoisotopic (exact) mass is 543 g/mol. The Morgan fingerprint density at radius 3 is 2.19 bits per heavy atom. The van der Waals surface area contributed by atoms with Crippen molar-refractivity contribution < 1.29 is 37.4 Å². The molecule has 0 aliphatic carbocycles. The minimum Gasteiger partial charge on any atom is -0.444 e. The van der Waals surface area contributed by atoms with E-state index >= 15 is 0 Å². The first-order valence-corrected chi connectivity index (χ1v) is 14.8. The van der Waals surface area contributed by atoms with Gasteiger partial charge in [0.1, 0.15) is 18.3 Å². The molecular weight excluding hydrogens is 497 g/mol. The van der Waals surface area contributed by atoms with Crippen LogP contribution in [0.1, 0.15) is 84.6 Å². The summed E-state index contributed by atoms with van der Waals surface area (Å²) in [7, 11) is -0.540. The number of nitrogens with one attached hydrogen (secondary N) is 1. The van der Waals surface area contributed by atoms with Crippen molar-refractivity contribution >= 4 is 19.8 Å². The van der Waals surface area contributed by atoms with E-state index in [1.165, 1.54) is 14.2 Å². The normalized spacial score (nSPS) is 13.5. The summed E-state index contributed by atoms with van der Waals surface area (Å²) in [5.74, 6) is 0. The predicted octanol–water partition coefficient (Wildman–Crippen LogP) is 7.23. The predicted molar refractivity (Wildman–Crippen MR) is 144 cm³/mol. The highest BCUT2D eigenvalue weighted by molar-refractivity contribution is 7.53. The van der Waals surface area contributed by atoms with Crippen molar-refractivity contribution in [2.45, 2.75) is 103 Å². The summed E-state index contributed by atoms with van der Waals surface area (Å²) < 4.78 is 39.1. The van der Waals surface area contributed by atoms with Gasteiger partial charge < -0.3 is 28.6 Å². The lowest BCUT2D eigenvalue weighted by Gasteiger charge is -2.29. The van der Waals surface area contributed by atoms with Gasteiger partial charge in [-0.25, -0.2) is 9.59 Å². The van der Waals surface area contributed by atoms with Gasteiger partial charge in [-0.1, -0.05) is 62.9 Å². The molecule has 0 aliphatic rings. The number of hydrogen-bond acceptors (Lipinski definition) is 8. The fourth-order valence-electron chi connectivity index (χ4n) is 3.74. The van der Waals surface area contributed by atoms with E-state index < -0.39 is 37.6 Å². The van der Waals surface area contributed by atoms with Crippen molar-refractivity contribution in [2.75, 3.05) is 20.4 Å². The molecule has 0 spiro atoms. The Morgan fingerprint density at radius 2 is 1.59 bits per heavy atom. The van der Waals surface area contributed by atoms with Crippen LogP contribution < -0.4 is 5.32 Å². The molecule has 9 nitrogen and oxygen atoms in total. The van der Waals surface area contributed by atoms with Crippen molar-refractivity contribution in [1.82, 2.24) is 5.32 Å². The van der Waals surface area contributed by atoms with Crippen LogP contribution in [0.15, 0.2) is 30.3 Å². The van der Waals surface area contributed by atoms with E-state index in [1.54, 1.807) is 20.8 Å². The minimum absolute atomic E-state index is 0.0813. The van der Waals surface area contributed by atoms with Gasteiger partial charge in [-0.2, -0.15) is 0 Å². The molecule has 10 heteroatoms. The third-order valence-electron chi connectivity index (χ3n) is 5.69. The van der Waals surface area contributed by atoms with E-state index in [2.05, 4.69) is 12.2 Å². The molecule has 1 N–H and O–H groups in total. The lowest BCUT2D eigenvalue weighted by Crippen LogP contribution is -2.47. The smallest absolute Gasteiger partial charge is 0.444 e. The summed E-state index contributed by atoms with van der Waals surface area (Å²) >= 11 is 0. The second kappa shape index (κ2) is 17.4. The van der Waals surface area contributed by atoms with Crippen LogP contribution in [0.4, 0.5) is 9.59 Å². The van der Waals surface area contributed by atoms with Gasteiger partial charge in [-0.3, -0.25) is 4.57 Å². The highest BCUT2D eigenvalue weighted by atomic mass is 31.2. The summed E-state index contributed by atoms with van der Waals surface area (Å²) in [4.78, 5) is 25.3. The molecule has 0 unspecified atom stereocenters. The molecule has 0 bridgehead atoms. The summed E-state index contributed by atoms with van der Waals surface area (Å²) in [5.41, 5.74) is 0.149. The molecule has 1 rings (SSSR count). The number of unbranched alkanes of at least 4 members (excludes halogenated alkanes) is 4. The van der Waals surface area contributed by atoms with Gasteiger partial charge >= 0.3 is 19.8 Å². The molecule has 0 heterocycles. The van der Waals surface area contributed by atoms with Crippen LogP contribution in [0.2, 0.25) is 0 Å². The molecule has 37 heavy (non-hydrogen) atoms. The van der Waals surface area contributed by atoms with Crippen LogP contribution in [0.5, 0.6) is 0 Å². The lowest BCUT2D eigenvalue weighted by atomic mass is 9.99. The molecule has 1 amide bonds. The third-order valence-corrected chi connectivity index (χ3v) is 7.67. The molecule has 0 saturated carbocycles. The maximum atomic E-state index is 12.6. The number of alkyl carbamates (subject to hydrolysis) is 1. The Morgan fingerprint density at radius 1 is 0.946 bits per heavy atom. The molecule has 0 aromatic heterocycles. The summed E-state index contributed by atoms with van der Waals surface area (Å²) in [6.07, 6.45) is 4.54. The summed E-state index contributed by atoms with van der Waals surface area (Å²) in [6.45, 7) is 7.55. The quantitative estimate of drug-likeness (QED) is 0.124. The molecule has 1 aromatic carbocycles. The topological polar surface area (TPSA) is 109 Å². The number of carbonyl (C=O) groups is 2. The second-order valence-electron chi connectivity index (χ2n) is 9.98. The van der Waals surface area contributed by atoms with E-state index in [0.717, 1.165) is 37.7 Å². The van der Waals surface area contributed by atoms with Gasteiger partial charge in [-0.15, -0.1) is 0 Å². The van der Waals surface area contributed by atoms with Crippen molar-refractivity contribution in [3.05, 3.63) is 35.9 Å². The number of benzene rings is 1. The van der Waals surface area contributed by atoms with Gasteiger partial charge in [0, 0.05) is 14.2 Å². The van der Waals surface area contributed by atoms with Gasteiger partial charge in [-0.05, 0) is 52.0 Å². The lowest BCUT2D eigenvalue weighted by molar-refractivity contribution is -0.00354. The fourth-order valence-corrected chi connectivity index (χ4v) is 4.82. The molecule has 0 aliphatic heterocycles. The van der Waals surface area contributed by atoms with Crippen molar-refractivity contribution in [1.29, 1.82) is 0 Å². The van der Waals surface area contributed by atoms with Crippen LogP contribution in [0.3, 0.4) is 0 Å². The van der Waals surface area contributed by atoms with Crippen molar-refractivity contribution in [3.63, 3.8) is 0 Å². The Bertz CT molecular complexity index is 819. The zero-order valence-electron chi connectivity index (χ0n) is 23.3. The average Bonchev–Trinajstić information content (AvgIpc) is 2.85. The zero-order valence-corrected chi connectivity index (χ0v) is 24.2. The van der Waals surface area contributed by atoms with Crippen LogP contribution in [-0.4, -0.2) is 50.4 Å². The Hall–Kier alpha value is -2.09. The number of rotatable bonds is 17. The maximum absolute atomic E-state index is 12.6. The molecule has 1 aromatic rings. The van der Waals surface area contributed by atoms with Gasteiger partial charge in [0.2, 0.25) is 0 Å². The first-order valence-electron chi connectivity index (χ1n) is 13.1. The summed E-state index contributed by atoms with van der Waals surface area (Å²) in [6, 6.07) is 8.75. The number of amides is 1. The first-order chi connectivity index (χ1) is 17.5. The maximum Gasteiger partial charge on any atom is 0.508 e. The minimum atomic E-state index is -3.22. The third kappa shape index (κ3) is 15.0. The SMILES string of the molecule is CCCCCCC[C@@H](OC(=O)OCc1ccccc1)[C@H](CCCP(=O)(OC)OC)NC(=O)OC(C)(C)C.